The van der Waals surface area contributed by atoms with E-state index in [0.717, 1.165) is 25.7 Å². The first kappa shape index (κ1) is 24.8. The number of carbonyl (C=O) groups is 2. The maximum Gasteiger partial charge on any atom is 0.324 e. The fourth-order valence-corrected chi connectivity index (χ4v) is 4.91. The fraction of sp³-hybridized carbons (Fsp3) is 0.462. The maximum absolute atomic E-state index is 14.2. The van der Waals surface area contributed by atoms with Gasteiger partial charge in [0.1, 0.15) is 24.1 Å². The van der Waals surface area contributed by atoms with E-state index in [1.54, 1.807) is 29.2 Å². The highest BCUT2D eigenvalue weighted by Crippen LogP contribution is 2.36. The lowest BCUT2D eigenvalue weighted by molar-refractivity contribution is -0.139. The predicted octanol–water partition coefficient (Wildman–Crippen LogP) is 3.55. The van der Waals surface area contributed by atoms with Crippen LogP contribution in [0.2, 0.25) is 0 Å². The topological polar surface area (TPSA) is 122 Å². The molecule has 0 spiro atoms. The van der Waals surface area contributed by atoms with Crippen LogP contribution in [0.5, 0.6) is 17.2 Å². The second-order valence-electron chi connectivity index (χ2n) is 9.45. The quantitative estimate of drug-likeness (QED) is 0.495. The van der Waals surface area contributed by atoms with Crippen molar-refractivity contribution in [3.63, 3.8) is 0 Å². The molecule has 0 saturated heterocycles. The number of aromatic hydroxyl groups is 1. The number of carboxylic acids is 1. The van der Waals surface area contributed by atoms with Crippen LogP contribution >= 0.6 is 0 Å². The van der Waals surface area contributed by atoms with Crippen LogP contribution in [0.4, 0.5) is 4.39 Å². The Morgan fingerprint density at radius 2 is 1.91 bits per heavy atom. The van der Waals surface area contributed by atoms with E-state index in [2.05, 4.69) is 0 Å². The Hall–Kier alpha value is -3.33. The highest BCUT2D eigenvalue weighted by atomic mass is 19.1. The molecule has 1 heterocycles. The third kappa shape index (κ3) is 5.67. The van der Waals surface area contributed by atoms with Crippen molar-refractivity contribution in [2.45, 2.75) is 51.3 Å². The Kier molecular flexibility index (Phi) is 7.45. The van der Waals surface area contributed by atoms with E-state index in [1.165, 1.54) is 6.07 Å². The molecule has 4 rings (SSSR count). The molecule has 0 radical (unpaired) electrons. The van der Waals surface area contributed by atoms with Crippen LogP contribution in [0.1, 0.15) is 48.5 Å². The molecule has 1 aliphatic heterocycles. The number of rotatable bonds is 9. The first-order chi connectivity index (χ1) is 16.7. The van der Waals surface area contributed by atoms with Crippen LogP contribution in [0.25, 0.3) is 0 Å². The zero-order valence-electron chi connectivity index (χ0n) is 19.7. The van der Waals surface area contributed by atoms with E-state index in [4.69, 9.17) is 20.3 Å². The summed E-state index contributed by atoms with van der Waals surface area (Å²) in [6, 6.07) is 8.89. The Bertz CT molecular complexity index is 1090. The molecule has 1 fully saturated rings. The minimum Gasteiger partial charge on any atom is -0.505 e. The molecule has 2 aliphatic rings. The number of carboxylic acid groups (broad SMARTS) is 1. The van der Waals surface area contributed by atoms with Gasteiger partial charge >= 0.3 is 5.97 Å². The standard InChI is InChI=1S/C26H31FN2O6/c1-15(35-20-4-2-3-19(11-20)34-14-21(28)26(32)33)17-7-5-16(6-8-17)12-29-13-18-9-10-22(30)24(27)23(18)25(29)31/h2-4,9-11,15-17,21,30H,5-8,12-14,28H2,1H3,(H,32,33)/t15?,16?,17?,21-/m0/s1. The summed E-state index contributed by atoms with van der Waals surface area (Å²) in [4.78, 5) is 25.2. The van der Waals surface area contributed by atoms with Gasteiger partial charge in [0, 0.05) is 19.2 Å². The molecule has 2 aromatic rings. The SMILES string of the molecule is CC(Oc1cccc(OC[C@H](N)C(=O)O)c1)C1CCC(CN2Cc3ccc(O)c(F)c3C2=O)CC1. The summed E-state index contributed by atoms with van der Waals surface area (Å²) >= 11 is 0. The second-order valence-corrected chi connectivity index (χ2v) is 9.45. The van der Waals surface area contributed by atoms with Gasteiger partial charge in [0.05, 0.1) is 11.7 Å². The lowest BCUT2D eigenvalue weighted by atomic mass is 9.79. The second kappa shape index (κ2) is 10.5. The number of aliphatic carboxylic acids is 1. The molecule has 188 valence electrons. The van der Waals surface area contributed by atoms with Gasteiger partial charge in [-0.25, -0.2) is 4.39 Å². The van der Waals surface area contributed by atoms with E-state index in [1.807, 2.05) is 13.0 Å². The van der Waals surface area contributed by atoms with Crippen molar-refractivity contribution in [1.29, 1.82) is 0 Å². The summed E-state index contributed by atoms with van der Waals surface area (Å²) in [6.07, 6.45) is 3.78. The van der Waals surface area contributed by atoms with Crippen LogP contribution in [-0.4, -0.2) is 52.3 Å². The van der Waals surface area contributed by atoms with E-state index < -0.39 is 23.6 Å². The molecule has 35 heavy (non-hydrogen) atoms. The normalized spacial score (nSPS) is 21.3. The fourth-order valence-electron chi connectivity index (χ4n) is 4.91. The lowest BCUT2D eigenvalue weighted by Gasteiger charge is -2.34. The van der Waals surface area contributed by atoms with Gasteiger partial charge in [-0.05, 0) is 68.2 Å². The molecule has 2 aromatic carbocycles. The molecule has 9 heteroatoms. The van der Waals surface area contributed by atoms with E-state index in [9.17, 15) is 19.1 Å². The number of phenols is 1. The van der Waals surface area contributed by atoms with Crippen LogP contribution in [-0.2, 0) is 11.3 Å². The zero-order valence-corrected chi connectivity index (χ0v) is 19.7. The number of amides is 1. The van der Waals surface area contributed by atoms with Crippen LogP contribution in [0.15, 0.2) is 36.4 Å². The van der Waals surface area contributed by atoms with Gasteiger partial charge in [-0.3, -0.25) is 9.59 Å². The molecule has 0 aromatic heterocycles. The molecule has 4 N–H and O–H groups in total. The molecule has 2 atom stereocenters. The van der Waals surface area contributed by atoms with Crippen molar-refractivity contribution in [3.05, 3.63) is 53.3 Å². The highest BCUT2D eigenvalue weighted by molar-refractivity contribution is 5.99. The molecular weight excluding hydrogens is 455 g/mol. The molecule has 0 bridgehead atoms. The van der Waals surface area contributed by atoms with Crippen molar-refractivity contribution >= 4 is 11.9 Å². The van der Waals surface area contributed by atoms with Gasteiger partial charge in [0.2, 0.25) is 0 Å². The number of hydrogen-bond acceptors (Lipinski definition) is 6. The third-order valence-corrected chi connectivity index (χ3v) is 6.98. The highest BCUT2D eigenvalue weighted by Gasteiger charge is 2.34. The van der Waals surface area contributed by atoms with Gasteiger partial charge < -0.3 is 30.3 Å². The Morgan fingerprint density at radius 3 is 2.63 bits per heavy atom. The number of fused-ring (bicyclic) bond motifs is 1. The zero-order chi connectivity index (χ0) is 25.1. The Labute approximate surface area is 203 Å². The van der Waals surface area contributed by atoms with Crippen LogP contribution < -0.4 is 15.2 Å². The molecular formula is C26H31FN2O6. The molecule has 8 nitrogen and oxygen atoms in total. The number of carbonyl (C=O) groups excluding carboxylic acids is 1. The first-order valence-corrected chi connectivity index (χ1v) is 11.9. The Morgan fingerprint density at radius 1 is 1.20 bits per heavy atom. The predicted molar refractivity (Wildman–Crippen MR) is 126 cm³/mol. The van der Waals surface area contributed by atoms with Crippen molar-refractivity contribution in [1.82, 2.24) is 4.90 Å². The summed E-state index contributed by atoms with van der Waals surface area (Å²) in [5, 5.41) is 18.5. The van der Waals surface area contributed by atoms with Gasteiger partial charge in [0.25, 0.3) is 5.91 Å². The van der Waals surface area contributed by atoms with Crippen molar-refractivity contribution in [2.75, 3.05) is 13.2 Å². The molecule has 1 unspecified atom stereocenters. The number of hydrogen-bond donors (Lipinski definition) is 3. The summed E-state index contributed by atoms with van der Waals surface area (Å²) in [5.41, 5.74) is 6.10. The van der Waals surface area contributed by atoms with E-state index >= 15 is 0 Å². The number of nitrogens with zero attached hydrogens (tertiary/aromatic N) is 1. The van der Waals surface area contributed by atoms with Crippen LogP contribution in [0.3, 0.4) is 0 Å². The van der Waals surface area contributed by atoms with E-state index in [-0.39, 0.29) is 24.2 Å². The smallest absolute Gasteiger partial charge is 0.324 e. The Balaban J connectivity index is 1.26. The average molecular weight is 487 g/mol. The van der Waals surface area contributed by atoms with E-state index in [0.29, 0.717) is 42.0 Å². The van der Waals surface area contributed by atoms with Gasteiger partial charge in [-0.2, -0.15) is 0 Å². The summed E-state index contributed by atoms with van der Waals surface area (Å²) in [5.74, 6) is -0.952. The van der Waals surface area contributed by atoms with Gasteiger partial charge in [-0.15, -0.1) is 0 Å². The molecule has 1 aliphatic carbocycles. The molecule has 1 amide bonds. The number of nitrogens with two attached hydrogens (primary N) is 1. The minimum absolute atomic E-state index is 0.00291. The summed E-state index contributed by atoms with van der Waals surface area (Å²) in [7, 11) is 0. The minimum atomic E-state index is -1.12. The summed E-state index contributed by atoms with van der Waals surface area (Å²) < 4.78 is 25.8. The largest absolute Gasteiger partial charge is 0.505 e. The first-order valence-electron chi connectivity index (χ1n) is 11.9. The van der Waals surface area contributed by atoms with Crippen molar-refractivity contribution in [3.8, 4) is 17.2 Å². The average Bonchev–Trinajstić information content (AvgIpc) is 3.16. The monoisotopic (exact) mass is 486 g/mol. The summed E-state index contributed by atoms with van der Waals surface area (Å²) in [6.45, 7) is 2.86. The van der Waals surface area contributed by atoms with Crippen LogP contribution in [0, 0.1) is 17.7 Å². The number of phenolic OH excluding ortho intramolecular Hbond substituents is 1. The lowest BCUT2D eigenvalue weighted by Crippen LogP contribution is -2.36. The molecule has 1 saturated carbocycles. The van der Waals surface area contributed by atoms with Crippen molar-refractivity contribution in [2.24, 2.45) is 17.6 Å². The van der Waals surface area contributed by atoms with Gasteiger partial charge in [-0.1, -0.05) is 12.1 Å². The van der Waals surface area contributed by atoms with Crippen molar-refractivity contribution < 1.29 is 33.7 Å². The van der Waals surface area contributed by atoms with Gasteiger partial charge in [0.15, 0.2) is 11.6 Å². The number of benzene rings is 2. The third-order valence-electron chi connectivity index (χ3n) is 6.98. The maximum atomic E-state index is 14.2. The number of ether oxygens (including phenoxy) is 2. The number of halogens is 1.